The normalized spacial score (nSPS) is 14.7. The van der Waals surface area contributed by atoms with E-state index in [-0.39, 0.29) is 18.0 Å². The van der Waals surface area contributed by atoms with Gasteiger partial charge in [0.2, 0.25) is 5.95 Å². The molecule has 0 saturated carbocycles. The molecule has 2 aromatic rings. The van der Waals surface area contributed by atoms with Crippen molar-refractivity contribution < 1.29 is 0 Å². The van der Waals surface area contributed by atoms with Gasteiger partial charge < -0.3 is 0 Å². The first-order valence-corrected chi connectivity index (χ1v) is 6.62. The van der Waals surface area contributed by atoms with E-state index in [2.05, 4.69) is 15.4 Å². The van der Waals surface area contributed by atoms with Crippen molar-refractivity contribution in [3.63, 3.8) is 0 Å². The summed E-state index contributed by atoms with van der Waals surface area (Å²) in [6.07, 6.45) is 5.68. The maximum Gasteiger partial charge on any atom is 0.261 e. The largest absolute Gasteiger partial charge is 0.294 e. The van der Waals surface area contributed by atoms with Crippen LogP contribution in [0, 0.1) is 0 Å². The highest BCUT2D eigenvalue weighted by Gasteiger charge is 2.18. The van der Waals surface area contributed by atoms with Crippen molar-refractivity contribution in [2.24, 2.45) is 5.84 Å². The van der Waals surface area contributed by atoms with Crippen molar-refractivity contribution in [2.45, 2.75) is 32.1 Å². The number of fused-ring (bicyclic) bond motifs is 3. The zero-order chi connectivity index (χ0) is 11.8. The van der Waals surface area contributed by atoms with Crippen LogP contribution in [-0.4, -0.2) is 9.97 Å². The fourth-order valence-corrected chi connectivity index (χ4v) is 3.67. The molecule has 3 rings (SSSR count). The third-order valence-corrected chi connectivity index (χ3v) is 4.40. The first kappa shape index (κ1) is 13.3. The van der Waals surface area contributed by atoms with Gasteiger partial charge in [0.1, 0.15) is 4.83 Å². The van der Waals surface area contributed by atoms with Crippen molar-refractivity contribution >= 4 is 39.9 Å². The van der Waals surface area contributed by atoms with Crippen LogP contribution in [0.5, 0.6) is 0 Å². The number of aryl methyl sites for hydroxylation is 2. The summed E-state index contributed by atoms with van der Waals surface area (Å²) in [7, 11) is 0. The lowest BCUT2D eigenvalue weighted by Gasteiger charge is -1.99. The molecule has 0 saturated heterocycles. The van der Waals surface area contributed by atoms with Gasteiger partial charge in [-0.15, -0.1) is 23.7 Å². The standard InChI is InChI=1S/C11H14N4OS.ClH/c12-15-11-13-9(16)8-6-4-2-1-3-5-7(6)17-10(8)14-11;/h1-5,12H2,(H2,13,14,15,16);1H. The number of nitrogens with zero attached hydrogens (tertiary/aromatic N) is 1. The molecule has 18 heavy (non-hydrogen) atoms. The predicted octanol–water partition coefficient (Wildman–Crippen LogP) is 1.96. The second-order valence-electron chi connectivity index (χ2n) is 4.30. The summed E-state index contributed by atoms with van der Waals surface area (Å²) in [5.41, 5.74) is 3.52. The lowest BCUT2D eigenvalue weighted by atomic mass is 10.1. The Balaban J connectivity index is 0.00000120. The van der Waals surface area contributed by atoms with Gasteiger partial charge in [-0.05, 0) is 31.2 Å². The van der Waals surface area contributed by atoms with Crippen LogP contribution in [0.4, 0.5) is 5.95 Å². The van der Waals surface area contributed by atoms with Crippen molar-refractivity contribution in [1.82, 2.24) is 9.97 Å². The highest BCUT2D eigenvalue weighted by molar-refractivity contribution is 7.18. The molecule has 0 radical (unpaired) electrons. The van der Waals surface area contributed by atoms with Crippen LogP contribution in [0.15, 0.2) is 4.79 Å². The number of nitrogens with two attached hydrogens (primary N) is 1. The molecule has 1 aliphatic carbocycles. The van der Waals surface area contributed by atoms with Gasteiger partial charge in [-0.25, -0.2) is 10.8 Å². The summed E-state index contributed by atoms with van der Waals surface area (Å²) in [6.45, 7) is 0. The molecule has 2 heterocycles. The van der Waals surface area contributed by atoms with E-state index in [1.807, 2.05) is 0 Å². The summed E-state index contributed by atoms with van der Waals surface area (Å²) in [5.74, 6) is 5.61. The van der Waals surface area contributed by atoms with E-state index in [4.69, 9.17) is 5.84 Å². The van der Waals surface area contributed by atoms with Crippen LogP contribution in [-0.2, 0) is 12.8 Å². The SMILES string of the molecule is Cl.NNc1nc2sc3c(c2c(=O)[nH]1)CCCCC3. The van der Waals surface area contributed by atoms with Crippen LogP contribution >= 0.6 is 23.7 Å². The summed E-state index contributed by atoms with van der Waals surface area (Å²) in [6, 6.07) is 0. The third-order valence-electron chi connectivity index (χ3n) is 3.21. The van der Waals surface area contributed by atoms with E-state index in [9.17, 15) is 4.79 Å². The number of rotatable bonds is 1. The Morgan fingerprint density at radius 2 is 2.06 bits per heavy atom. The van der Waals surface area contributed by atoms with E-state index in [1.54, 1.807) is 11.3 Å². The summed E-state index contributed by atoms with van der Waals surface area (Å²) >= 11 is 1.63. The minimum Gasteiger partial charge on any atom is -0.294 e. The summed E-state index contributed by atoms with van der Waals surface area (Å²) in [4.78, 5) is 21.1. The lowest BCUT2D eigenvalue weighted by molar-refractivity contribution is 0.713. The summed E-state index contributed by atoms with van der Waals surface area (Å²) in [5, 5.41) is 0.769. The minimum atomic E-state index is -0.0812. The Morgan fingerprint density at radius 1 is 1.28 bits per heavy atom. The van der Waals surface area contributed by atoms with Gasteiger partial charge in [0, 0.05) is 4.88 Å². The third kappa shape index (κ3) is 2.11. The Kier molecular flexibility index (Phi) is 3.89. The first-order chi connectivity index (χ1) is 8.29. The molecule has 0 amide bonds. The van der Waals surface area contributed by atoms with Crippen LogP contribution in [0.3, 0.4) is 0 Å². The molecule has 2 aromatic heterocycles. The Bertz CT molecular complexity index is 621. The van der Waals surface area contributed by atoms with E-state index < -0.39 is 0 Å². The van der Waals surface area contributed by atoms with E-state index in [0.717, 1.165) is 29.5 Å². The number of nitrogen functional groups attached to an aromatic ring is 1. The predicted molar refractivity (Wildman–Crippen MR) is 76.6 cm³/mol. The molecule has 5 nitrogen and oxygen atoms in total. The van der Waals surface area contributed by atoms with Crippen LogP contribution in [0.25, 0.3) is 10.2 Å². The van der Waals surface area contributed by atoms with Gasteiger partial charge >= 0.3 is 0 Å². The van der Waals surface area contributed by atoms with E-state index in [1.165, 1.54) is 23.3 Å². The number of hydrogen-bond donors (Lipinski definition) is 3. The lowest BCUT2D eigenvalue weighted by Crippen LogP contribution is -2.16. The minimum absolute atomic E-state index is 0. The van der Waals surface area contributed by atoms with Gasteiger partial charge in [0.25, 0.3) is 5.56 Å². The zero-order valence-corrected chi connectivity index (χ0v) is 11.4. The van der Waals surface area contributed by atoms with Crippen molar-refractivity contribution in [1.29, 1.82) is 0 Å². The zero-order valence-electron chi connectivity index (χ0n) is 9.78. The molecular formula is C11H15ClN4OS. The van der Waals surface area contributed by atoms with Gasteiger partial charge in [0.15, 0.2) is 0 Å². The number of aromatic nitrogens is 2. The van der Waals surface area contributed by atoms with Gasteiger partial charge in [-0.2, -0.15) is 0 Å². The molecule has 4 N–H and O–H groups in total. The van der Waals surface area contributed by atoms with Gasteiger partial charge in [-0.3, -0.25) is 15.2 Å². The number of nitrogens with one attached hydrogen (secondary N) is 2. The fraction of sp³-hybridized carbons (Fsp3) is 0.455. The Labute approximate surface area is 114 Å². The molecule has 0 fully saturated rings. The number of anilines is 1. The number of aromatic amines is 1. The molecule has 7 heteroatoms. The summed E-state index contributed by atoms with van der Waals surface area (Å²) < 4.78 is 0. The Morgan fingerprint density at radius 3 is 2.83 bits per heavy atom. The van der Waals surface area contributed by atoms with Crippen LogP contribution in [0.1, 0.15) is 29.7 Å². The van der Waals surface area contributed by atoms with E-state index >= 15 is 0 Å². The second-order valence-corrected chi connectivity index (χ2v) is 5.39. The Hall–Kier alpha value is -1.11. The average molecular weight is 287 g/mol. The highest BCUT2D eigenvalue weighted by Crippen LogP contribution is 2.32. The maximum absolute atomic E-state index is 12.0. The number of H-pyrrole nitrogens is 1. The quantitative estimate of drug-likeness (QED) is 0.425. The monoisotopic (exact) mass is 286 g/mol. The average Bonchev–Trinajstić information content (AvgIpc) is 2.52. The van der Waals surface area contributed by atoms with Crippen molar-refractivity contribution in [3.8, 4) is 0 Å². The van der Waals surface area contributed by atoms with Crippen LogP contribution < -0.4 is 16.8 Å². The maximum atomic E-state index is 12.0. The molecular weight excluding hydrogens is 272 g/mol. The number of hydrazine groups is 1. The molecule has 0 bridgehead atoms. The topological polar surface area (TPSA) is 83.8 Å². The molecule has 0 atom stereocenters. The highest BCUT2D eigenvalue weighted by atomic mass is 35.5. The molecule has 0 aromatic carbocycles. The second kappa shape index (κ2) is 5.26. The van der Waals surface area contributed by atoms with Gasteiger partial charge in [0.05, 0.1) is 5.39 Å². The van der Waals surface area contributed by atoms with Crippen LogP contribution in [0.2, 0.25) is 0 Å². The van der Waals surface area contributed by atoms with E-state index in [0.29, 0.717) is 5.95 Å². The molecule has 0 unspecified atom stereocenters. The van der Waals surface area contributed by atoms with Crippen molar-refractivity contribution in [2.75, 3.05) is 5.43 Å². The molecule has 98 valence electrons. The molecule has 0 aliphatic heterocycles. The fourth-order valence-electron chi connectivity index (χ4n) is 2.41. The number of thiophene rings is 1. The van der Waals surface area contributed by atoms with Crippen molar-refractivity contribution in [3.05, 3.63) is 20.8 Å². The number of halogens is 1. The molecule has 1 aliphatic rings. The molecule has 0 spiro atoms. The first-order valence-electron chi connectivity index (χ1n) is 5.81. The smallest absolute Gasteiger partial charge is 0.261 e. The van der Waals surface area contributed by atoms with Gasteiger partial charge in [-0.1, -0.05) is 6.42 Å². The number of hydrogen-bond acceptors (Lipinski definition) is 5.